The number of fused-ring (bicyclic) bond motifs is 2. The van der Waals surface area contributed by atoms with Crippen LogP contribution in [0.1, 0.15) is 0 Å². The SMILES string of the molecule is Cn1nccc1-c1ccc(-c2ccc(-c3nc4nc(O[C@@H]5CO[C@H]6[C@@H]5OC[C@H]6O)[nH]c4cc3Cl)cc2)cc1. The summed E-state index contributed by atoms with van der Waals surface area (Å²) >= 11 is 6.62. The van der Waals surface area contributed by atoms with Crippen LogP contribution in [0.5, 0.6) is 6.01 Å². The highest BCUT2D eigenvalue weighted by Crippen LogP contribution is 2.33. The molecule has 2 N–H and O–H groups in total. The molecular weight excluding hydrogens is 506 g/mol. The summed E-state index contributed by atoms with van der Waals surface area (Å²) in [6.45, 7) is 0.562. The van der Waals surface area contributed by atoms with Crippen LogP contribution >= 0.6 is 11.6 Å². The lowest BCUT2D eigenvalue weighted by Crippen LogP contribution is -2.34. The minimum absolute atomic E-state index is 0.241. The average Bonchev–Trinajstić information content (AvgIpc) is 3.71. The second kappa shape index (κ2) is 9.21. The van der Waals surface area contributed by atoms with Gasteiger partial charge >= 0.3 is 0 Å². The van der Waals surface area contributed by atoms with Crippen LogP contribution in [0.4, 0.5) is 0 Å². The molecule has 2 aliphatic rings. The number of ether oxygens (including phenoxy) is 3. The molecule has 0 spiro atoms. The van der Waals surface area contributed by atoms with Gasteiger partial charge in [-0.1, -0.05) is 60.1 Å². The van der Waals surface area contributed by atoms with E-state index in [1.165, 1.54) is 0 Å². The number of hydrogen-bond acceptors (Lipinski definition) is 7. The first-order chi connectivity index (χ1) is 18.5. The molecule has 10 heteroatoms. The summed E-state index contributed by atoms with van der Waals surface area (Å²) in [5, 5.41) is 14.7. The van der Waals surface area contributed by atoms with Gasteiger partial charge in [-0.25, -0.2) is 4.98 Å². The maximum Gasteiger partial charge on any atom is 0.296 e. The maximum absolute atomic E-state index is 9.95. The van der Waals surface area contributed by atoms with Crippen LogP contribution < -0.4 is 4.74 Å². The third-order valence-corrected chi connectivity index (χ3v) is 7.43. The number of aryl methyl sites for hydroxylation is 1. The molecule has 0 saturated carbocycles. The highest BCUT2D eigenvalue weighted by molar-refractivity contribution is 6.33. The number of hydrogen-bond donors (Lipinski definition) is 2. The Labute approximate surface area is 223 Å². The quantitative estimate of drug-likeness (QED) is 0.350. The number of benzene rings is 2. The van der Waals surface area contributed by atoms with Gasteiger partial charge < -0.3 is 24.3 Å². The second-order valence-electron chi connectivity index (χ2n) is 9.55. The second-order valence-corrected chi connectivity index (χ2v) is 9.95. The van der Waals surface area contributed by atoms with E-state index in [9.17, 15) is 5.11 Å². The minimum atomic E-state index is -0.634. The highest BCUT2D eigenvalue weighted by atomic mass is 35.5. The largest absolute Gasteiger partial charge is 0.456 e. The Morgan fingerprint density at radius 1 is 0.921 bits per heavy atom. The van der Waals surface area contributed by atoms with Crippen LogP contribution in [0.2, 0.25) is 5.02 Å². The van der Waals surface area contributed by atoms with E-state index in [4.69, 9.17) is 30.8 Å². The lowest BCUT2D eigenvalue weighted by Gasteiger charge is -2.15. The first kappa shape index (κ1) is 23.4. The number of rotatable bonds is 5. The van der Waals surface area contributed by atoms with Crippen molar-refractivity contribution in [3.63, 3.8) is 0 Å². The fourth-order valence-corrected chi connectivity index (χ4v) is 5.41. The minimum Gasteiger partial charge on any atom is -0.456 e. The molecule has 9 nitrogen and oxygen atoms in total. The van der Waals surface area contributed by atoms with E-state index < -0.39 is 6.10 Å². The predicted octanol–water partition coefficient (Wildman–Crippen LogP) is 4.25. The van der Waals surface area contributed by atoms with Crippen molar-refractivity contribution in [2.24, 2.45) is 7.05 Å². The fraction of sp³-hybridized carbons (Fsp3) is 0.250. The number of aliphatic hydroxyl groups excluding tert-OH is 1. The lowest BCUT2D eigenvalue weighted by molar-refractivity contribution is 0.00706. The number of nitrogens with zero attached hydrogens (tertiary/aromatic N) is 4. The van der Waals surface area contributed by atoms with Gasteiger partial charge in [-0.15, -0.1) is 0 Å². The van der Waals surface area contributed by atoms with Crippen molar-refractivity contribution in [3.05, 3.63) is 71.9 Å². The van der Waals surface area contributed by atoms with Crippen LogP contribution in [-0.2, 0) is 16.5 Å². The molecule has 5 heterocycles. The van der Waals surface area contributed by atoms with Crippen molar-refractivity contribution >= 4 is 22.8 Å². The fourth-order valence-electron chi connectivity index (χ4n) is 5.15. The van der Waals surface area contributed by atoms with Gasteiger partial charge in [0.2, 0.25) is 0 Å². The summed E-state index contributed by atoms with van der Waals surface area (Å²) in [6, 6.07) is 20.7. The molecule has 3 aromatic heterocycles. The topological polar surface area (TPSA) is 107 Å². The van der Waals surface area contributed by atoms with Gasteiger partial charge in [0.15, 0.2) is 11.8 Å². The Kier molecular flexibility index (Phi) is 5.66. The molecule has 0 radical (unpaired) electrons. The standard InChI is InChI=1S/C28H24ClN5O4/c1-34-21(10-11-30-34)17-6-2-15(3-7-17)16-4-8-18(9-5-16)24-19(29)12-20-27(32-24)33-28(31-20)38-23-14-37-25-22(35)13-36-26(23)25/h2-12,22-23,25-26,35H,13-14H2,1H3,(H,31,32,33)/t22-,23-,25-,26-/m1/s1. The summed E-state index contributed by atoms with van der Waals surface area (Å²) in [6.07, 6.45) is 0.106. The molecule has 2 saturated heterocycles. The molecule has 192 valence electrons. The third-order valence-electron chi connectivity index (χ3n) is 7.14. The molecular formula is C28H24ClN5O4. The maximum atomic E-state index is 9.95. The summed E-state index contributed by atoms with van der Waals surface area (Å²) in [7, 11) is 1.94. The van der Waals surface area contributed by atoms with E-state index in [0.717, 1.165) is 27.9 Å². The Bertz CT molecular complexity index is 1620. The van der Waals surface area contributed by atoms with Crippen molar-refractivity contribution in [1.29, 1.82) is 0 Å². The molecule has 2 fully saturated rings. The van der Waals surface area contributed by atoms with E-state index >= 15 is 0 Å². The summed E-state index contributed by atoms with van der Waals surface area (Å²) in [5.41, 5.74) is 7.09. The number of aliphatic hydroxyl groups is 1. The molecule has 4 atom stereocenters. The van der Waals surface area contributed by atoms with Crippen molar-refractivity contribution in [1.82, 2.24) is 24.7 Å². The number of aromatic amines is 1. The van der Waals surface area contributed by atoms with Gasteiger partial charge in [-0.3, -0.25) is 4.68 Å². The van der Waals surface area contributed by atoms with Gasteiger partial charge in [-0.2, -0.15) is 10.1 Å². The molecule has 0 aliphatic carbocycles. The molecule has 2 aliphatic heterocycles. The molecule has 38 heavy (non-hydrogen) atoms. The molecule has 0 bridgehead atoms. The monoisotopic (exact) mass is 529 g/mol. The van der Waals surface area contributed by atoms with Crippen LogP contribution in [0.3, 0.4) is 0 Å². The Morgan fingerprint density at radius 2 is 1.61 bits per heavy atom. The van der Waals surface area contributed by atoms with Crippen LogP contribution in [-0.4, -0.2) is 67.5 Å². The zero-order chi connectivity index (χ0) is 25.8. The molecule has 5 aromatic rings. The number of imidazole rings is 1. The Morgan fingerprint density at radius 3 is 2.32 bits per heavy atom. The van der Waals surface area contributed by atoms with Crippen molar-refractivity contribution in [3.8, 4) is 39.7 Å². The summed E-state index contributed by atoms with van der Waals surface area (Å²) in [4.78, 5) is 12.3. The summed E-state index contributed by atoms with van der Waals surface area (Å²) < 4.78 is 19.1. The molecule has 0 unspecified atom stereocenters. The summed E-state index contributed by atoms with van der Waals surface area (Å²) in [5.74, 6) is 0. The zero-order valence-electron chi connectivity index (χ0n) is 20.4. The number of H-pyrrole nitrogens is 1. The Hall–Kier alpha value is -3.76. The highest BCUT2D eigenvalue weighted by Gasteiger charge is 2.48. The number of nitrogens with one attached hydrogen (secondary N) is 1. The Balaban J connectivity index is 1.11. The van der Waals surface area contributed by atoms with Gasteiger partial charge in [0, 0.05) is 18.8 Å². The first-order valence-electron chi connectivity index (χ1n) is 12.4. The van der Waals surface area contributed by atoms with Gasteiger partial charge in [-0.05, 0) is 28.8 Å². The number of pyridine rings is 1. The van der Waals surface area contributed by atoms with E-state index in [1.807, 2.05) is 29.9 Å². The lowest BCUT2D eigenvalue weighted by atomic mass is 10.0. The van der Waals surface area contributed by atoms with E-state index in [2.05, 4.69) is 51.5 Å². The molecule has 7 rings (SSSR count). The number of halogens is 1. The van der Waals surface area contributed by atoms with Crippen molar-refractivity contribution in [2.45, 2.75) is 24.4 Å². The predicted molar refractivity (Wildman–Crippen MR) is 142 cm³/mol. The van der Waals surface area contributed by atoms with Crippen LogP contribution in [0.25, 0.3) is 44.8 Å². The molecule has 2 aromatic carbocycles. The van der Waals surface area contributed by atoms with Crippen LogP contribution in [0, 0.1) is 0 Å². The smallest absolute Gasteiger partial charge is 0.296 e. The normalized spacial score (nSPS) is 22.7. The van der Waals surface area contributed by atoms with Gasteiger partial charge in [0.25, 0.3) is 6.01 Å². The van der Waals surface area contributed by atoms with E-state index in [0.29, 0.717) is 34.5 Å². The van der Waals surface area contributed by atoms with Crippen molar-refractivity contribution in [2.75, 3.05) is 13.2 Å². The zero-order valence-corrected chi connectivity index (χ0v) is 21.2. The average molecular weight is 530 g/mol. The van der Waals surface area contributed by atoms with Gasteiger partial charge in [0.05, 0.1) is 35.1 Å². The van der Waals surface area contributed by atoms with E-state index in [-0.39, 0.29) is 24.9 Å². The first-order valence-corrected chi connectivity index (χ1v) is 12.7. The van der Waals surface area contributed by atoms with E-state index in [1.54, 1.807) is 12.3 Å². The number of aromatic nitrogens is 5. The van der Waals surface area contributed by atoms with Crippen LogP contribution in [0.15, 0.2) is 66.9 Å². The van der Waals surface area contributed by atoms with Gasteiger partial charge in [0.1, 0.15) is 18.3 Å². The van der Waals surface area contributed by atoms with Crippen molar-refractivity contribution < 1.29 is 19.3 Å². The third kappa shape index (κ3) is 4.04. The molecule has 0 amide bonds.